The summed E-state index contributed by atoms with van der Waals surface area (Å²) < 4.78 is 16.2. The Morgan fingerprint density at radius 3 is 2.50 bits per heavy atom. The lowest BCUT2D eigenvalue weighted by molar-refractivity contribution is -0.123. The van der Waals surface area contributed by atoms with Gasteiger partial charge in [-0.15, -0.1) is 0 Å². The van der Waals surface area contributed by atoms with Gasteiger partial charge in [-0.1, -0.05) is 13.0 Å². The minimum Gasteiger partial charge on any atom is -0.486 e. The zero-order valence-corrected chi connectivity index (χ0v) is 18.1. The first-order chi connectivity index (χ1) is 14.7. The molecular formula is C23H36N2O5. The van der Waals surface area contributed by atoms with E-state index in [1.54, 1.807) is 18.2 Å². The Kier molecular flexibility index (Phi) is 9.24. The molecule has 1 aromatic rings. The van der Waals surface area contributed by atoms with Gasteiger partial charge in [0.1, 0.15) is 13.2 Å². The SMILES string of the molecule is CCN1CCCC1.O=C(CC1CCOCC1)NC[C@H](O)c1ccc2c(c1)OCCO2. The van der Waals surface area contributed by atoms with Crippen LogP contribution in [0, 0.1) is 5.92 Å². The highest BCUT2D eigenvalue weighted by Crippen LogP contribution is 2.32. The van der Waals surface area contributed by atoms with E-state index in [9.17, 15) is 9.90 Å². The van der Waals surface area contributed by atoms with Gasteiger partial charge in [0.2, 0.25) is 5.91 Å². The van der Waals surface area contributed by atoms with Crippen LogP contribution in [0.3, 0.4) is 0 Å². The molecule has 4 rings (SSSR count). The molecule has 1 aromatic carbocycles. The summed E-state index contributed by atoms with van der Waals surface area (Å²) in [6.45, 7) is 8.88. The van der Waals surface area contributed by atoms with Crippen molar-refractivity contribution >= 4 is 5.91 Å². The third-order valence-corrected chi connectivity index (χ3v) is 5.90. The van der Waals surface area contributed by atoms with Gasteiger partial charge < -0.3 is 29.5 Å². The second-order valence-corrected chi connectivity index (χ2v) is 8.12. The molecule has 3 aliphatic rings. The molecule has 3 aliphatic heterocycles. The van der Waals surface area contributed by atoms with E-state index in [1.165, 1.54) is 32.5 Å². The summed E-state index contributed by atoms with van der Waals surface area (Å²) in [5.74, 6) is 1.70. The number of benzene rings is 1. The number of fused-ring (bicyclic) bond motifs is 1. The van der Waals surface area contributed by atoms with Crippen molar-refractivity contribution in [2.45, 2.75) is 45.1 Å². The summed E-state index contributed by atoms with van der Waals surface area (Å²) in [5, 5.41) is 13.1. The van der Waals surface area contributed by atoms with Crippen LogP contribution in [0.2, 0.25) is 0 Å². The number of hydrogen-bond acceptors (Lipinski definition) is 6. The van der Waals surface area contributed by atoms with Crippen molar-refractivity contribution in [2.75, 3.05) is 52.6 Å². The van der Waals surface area contributed by atoms with E-state index >= 15 is 0 Å². The van der Waals surface area contributed by atoms with E-state index < -0.39 is 6.10 Å². The summed E-state index contributed by atoms with van der Waals surface area (Å²) in [4.78, 5) is 14.5. The molecule has 0 spiro atoms. The molecule has 7 heteroatoms. The molecule has 1 amide bonds. The fourth-order valence-corrected chi connectivity index (χ4v) is 3.98. The van der Waals surface area contributed by atoms with Gasteiger partial charge in [-0.2, -0.15) is 0 Å². The van der Waals surface area contributed by atoms with Gasteiger partial charge in [0.25, 0.3) is 0 Å². The Labute approximate surface area is 179 Å². The molecular weight excluding hydrogens is 384 g/mol. The number of carbonyl (C=O) groups is 1. The maximum atomic E-state index is 12.0. The summed E-state index contributed by atoms with van der Waals surface area (Å²) in [6.07, 6.45) is 4.44. The summed E-state index contributed by atoms with van der Waals surface area (Å²) in [5.41, 5.74) is 0.709. The highest BCUT2D eigenvalue weighted by molar-refractivity contribution is 5.76. The van der Waals surface area contributed by atoms with Crippen molar-refractivity contribution in [1.29, 1.82) is 0 Å². The van der Waals surface area contributed by atoms with Crippen molar-refractivity contribution in [3.63, 3.8) is 0 Å². The minimum absolute atomic E-state index is 0.0199. The summed E-state index contributed by atoms with van der Waals surface area (Å²) >= 11 is 0. The van der Waals surface area contributed by atoms with Crippen LogP contribution in [0.4, 0.5) is 0 Å². The van der Waals surface area contributed by atoms with Crippen molar-refractivity contribution in [3.05, 3.63) is 23.8 Å². The number of likely N-dealkylation sites (tertiary alicyclic amines) is 1. The first kappa shape index (κ1) is 22.8. The second-order valence-electron chi connectivity index (χ2n) is 8.12. The van der Waals surface area contributed by atoms with Crippen LogP contribution in [0.25, 0.3) is 0 Å². The van der Waals surface area contributed by atoms with E-state index in [4.69, 9.17) is 14.2 Å². The van der Waals surface area contributed by atoms with Crippen molar-refractivity contribution < 1.29 is 24.1 Å². The molecule has 0 aromatic heterocycles. The number of amides is 1. The van der Waals surface area contributed by atoms with Crippen LogP contribution in [0.15, 0.2) is 18.2 Å². The van der Waals surface area contributed by atoms with Crippen LogP contribution in [-0.4, -0.2) is 68.5 Å². The first-order valence-corrected chi connectivity index (χ1v) is 11.3. The summed E-state index contributed by atoms with van der Waals surface area (Å²) in [7, 11) is 0. The largest absolute Gasteiger partial charge is 0.486 e. The number of nitrogens with one attached hydrogen (secondary N) is 1. The monoisotopic (exact) mass is 420 g/mol. The van der Waals surface area contributed by atoms with Gasteiger partial charge >= 0.3 is 0 Å². The number of rotatable bonds is 6. The normalized spacial score (nSPS) is 20.2. The Bertz CT molecular complexity index is 657. The molecule has 2 fully saturated rings. The number of aliphatic hydroxyl groups is 1. The molecule has 168 valence electrons. The molecule has 0 unspecified atom stereocenters. The number of hydrogen-bond donors (Lipinski definition) is 2. The molecule has 7 nitrogen and oxygen atoms in total. The average Bonchev–Trinajstić information content (AvgIpc) is 3.32. The maximum Gasteiger partial charge on any atom is 0.220 e. The second kappa shape index (κ2) is 12.1. The Morgan fingerprint density at radius 1 is 1.13 bits per heavy atom. The van der Waals surface area contributed by atoms with Gasteiger partial charge in [-0.05, 0) is 68.9 Å². The number of aliphatic hydroxyl groups excluding tert-OH is 1. The minimum atomic E-state index is -0.760. The van der Waals surface area contributed by atoms with Gasteiger partial charge in [0.15, 0.2) is 11.5 Å². The van der Waals surface area contributed by atoms with E-state index in [2.05, 4.69) is 17.1 Å². The lowest BCUT2D eigenvalue weighted by Gasteiger charge is -2.22. The molecule has 0 saturated carbocycles. The molecule has 30 heavy (non-hydrogen) atoms. The smallest absolute Gasteiger partial charge is 0.220 e. The van der Waals surface area contributed by atoms with Crippen LogP contribution >= 0.6 is 0 Å². The highest BCUT2D eigenvalue weighted by atomic mass is 16.6. The highest BCUT2D eigenvalue weighted by Gasteiger charge is 2.19. The molecule has 0 bridgehead atoms. The van der Waals surface area contributed by atoms with Crippen molar-refractivity contribution in [2.24, 2.45) is 5.92 Å². The fraction of sp³-hybridized carbons (Fsp3) is 0.696. The summed E-state index contributed by atoms with van der Waals surface area (Å²) in [6, 6.07) is 5.35. The molecule has 0 radical (unpaired) electrons. The van der Waals surface area contributed by atoms with E-state index in [1.807, 2.05) is 0 Å². The molecule has 0 aliphatic carbocycles. The van der Waals surface area contributed by atoms with E-state index in [0.29, 0.717) is 42.6 Å². The van der Waals surface area contributed by atoms with Crippen LogP contribution in [0.5, 0.6) is 11.5 Å². The van der Waals surface area contributed by atoms with Crippen LogP contribution < -0.4 is 14.8 Å². The predicted octanol–water partition coefficient (Wildman–Crippen LogP) is 2.53. The molecule has 2 N–H and O–H groups in total. The van der Waals surface area contributed by atoms with E-state index in [-0.39, 0.29) is 12.5 Å². The molecule has 3 heterocycles. The van der Waals surface area contributed by atoms with Crippen molar-refractivity contribution in [1.82, 2.24) is 10.2 Å². The number of nitrogens with zero attached hydrogens (tertiary/aromatic N) is 1. The van der Waals surface area contributed by atoms with E-state index in [0.717, 1.165) is 26.1 Å². The number of ether oxygens (including phenoxy) is 3. The lowest BCUT2D eigenvalue weighted by Crippen LogP contribution is -2.31. The predicted molar refractivity (Wildman–Crippen MR) is 115 cm³/mol. The Hall–Kier alpha value is -1.83. The fourth-order valence-electron chi connectivity index (χ4n) is 3.98. The lowest BCUT2D eigenvalue weighted by atomic mass is 9.96. The third kappa shape index (κ3) is 7.15. The van der Waals surface area contributed by atoms with Gasteiger partial charge in [-0.3, -0.25) is 4.79 Å². The molecule has 2 saturated heterocycles. The molecule has 1 atom stereocenters. The topological polar surface area (TPSA) is 80.3 Å². The standard InChI is InChI=1S/C17H23NO5.C6H13N/c19-14(11-18-17(20)9-12-3-5-21-6-4-12)13-1-2-15-16(10-13)23-8-7-22-15;1-2-7-5-3-4-6-7/h1-2,10,12,14,19H,3-9,11H2,(H,18,20);2-6H2,1H3/t14-;/m0./s1. The Balaban J connectivity index is 0.000000310. The third-order valence-electron chi connectivity index (χ3n) is 5.90. The Morgan fingerprint density at radius 2 is 1.83 bits per heavy atom. The maximum absolute atomic E-state index is 12.0. The van der Waals surface area contributed by atoms with Crippen molar-refractivity contribution in [3.8, 4) is 11.5 Å². The number of carbonyl (C=O) groups excluding carboxylic acids is 1. The zero-order valence-electron chi connectivity index (χ0n) is 18.1. The van der Waals surface area contributed by atoms with Gasteiger partial charge in [0.05, 0.1) is 6.10 Å². The van der Waals surface area contributed by atoms with Crippen LogP contribution in [-0.2, 0) is 9.53 Å². The quantitative estimate of drug-likeness (QED) is 0.736. The first-order valence-electron chi connectivity index (χ1n) is 11.3. The van der Waals surface area contributed by atoms with Gasteiger partial charge in [0, 0.05) is 26.2 Å². The van der Waals surface area contributed by atoms with Crippen LogP contribution in [0.1, 0.15) is 50.7 Å². The van der Waals surface area contributed by atoms with Gasteiger partial charge in [-0.25, -0.2) is 0 Å². The zero-order chi connectivity index (χ0) is 21.2. The average molecular weight is 421 g/mol.